The van der Waals surface area contributed by atoms with Crippen LogP contribution in [0.5, 0.6) is 0 Å². The van der Waals surface area contributed by atoms with Gasteiger partial charge in [0.1, 0.15) is 11.3 Å². The van der Waals surface area contributed by atoms with Gasteiger partial charge in [-0.25, -0.2) is 4.98 Å². The number of hydrogen-bond acceptors (Lipinski definition) is 7. The Bertz CT molecular complexity index is 1210. The summed E-state index contributed by atoms with van der Waals surface area (Å²) in [6.07, 6.45) is 4.73. The molecule has 0 radical (unpaired) electrons. The number of aryl methyl sites for hydroxylation is 2. The molecule has 9 nitrogen and oxygen atoms in total. The average molecular weight is 407 g/mol. The van der Waals surface area contributed by atoms with Gasteiger partial charge in [-0.3, -0.25) is 9.59 Å². The maximum atomic E-state index is 13.0. The number of nitrogens with one attached hydrogen (secondary N) is 1. The van der Waals surface area contributed by atoms with Gasteiger partial charge in [0.05, 0.1) is 5.56 Å². The van der Waals surface area contributed by atoms with E-state index < -0.39 is 0 Å². The highest BCUT2D eigenvalue weighted by Crippen LogP contribution is 2.31. The highest BCUT2D eigenvalue weighted by atomic mass is 32.1. The number of carbonyl (C=O) groups excluding carboxylic acids is 2. The van der Waals surface area contributed by atoms with E-state index in [0.29, 0.717) is 27.6 Å². The predicted molar refractivity (Wildman–Crippen MR) is 108 cm³/mol. The smallest absolute Gasteiger partial charge is 0.259 e. The normalized spacial score (nSPS) is 10.9. The molecule has 0 aliphatic carbocycles. The van der Waals surface area contributed by atoms with Gasteiger partial charge in [-0.2, -0.15) is 4.68 Å². The molecular formula is C19H17N7O2S. The number of tetrazole rings is 1. The van der Waals surface area contributed by atoms with E-state index in [2.05, 4.69) is 25.8 Å². The SMILES string of the molecule is Cc1sc(-n2cnnn2)c(C(=O)Nc2cccc(C(=O)c3nccn3C)c2)c1C. The molecule has 0 saturated heterocycles. The van der Waals surface area contributed by atoms with Crippen LogP contribution < -0.4 is 5.32 Å². The fourth-order valence-corrected chi connectivity index (χ4v) is 4.01. The monoisotopic (exact) mass is 407 g/mol. The number of nitrogens with zero attached hydrogens (tertiary/aromatic N) is 6. The van der Waals surface area contributed by atoms with Gasteiger partial charge in [0.15, 0.2) is 5.82 Å². The molecule has 0 aliphatic heterocycles. The van der Waals surface area contributed by atoms with Crippen LogP contribution in [-0.2, 0) is 7.05 Å². The summed E-state index contributed by atoms with van der Waals surface area (Å²) in [4.78, 5) is 30.8. The molecule has 29 heavy (non-hydrogen) atoms. The van der Waals surface area contributed by atoms with Crippen LogP contribution >= 0.6 is 11.3 Å². The molecule has 3 heterocycles. The fourth-order valence-electron chi connectivity index (χ4n) is 2.94. The first-order valence-corrected chi connectivity index (χ1v) is 9.54. The number of carbonyl (C=O) groups is 2. The number of aromatic nitrogens is 6. The Balaban J connectivity index is 1.64. The topological polar surface area (TPSA) is 108 Å². The van der Waals surface area contributed by atoms with E-state index in [1.165, 1.54) is 22.3 Å². The molecule has 0 atom stereocenters. The Morgan fingerprint density at radius 2 is 2.03 bits per heavy atom. The van der Waals surface area contributed by atoms with Crippen molar-refractivity contribution in [2.75, 3.05) is 5.32 Å². The Hall–Kier alpha value is -3.66. The van der Waals surface area contributed by atoms with Crippen LogP contribution in [0.4, 0.5) is 5.69 Å². The van der Waals surface area contributed by atoms with Crippen LogP contribution in [-0.4, -0.2) is 41.4 Å². The zero-order valence-corrected chi connectivity index (χ0v) is 16.8. The minimum Gasteiger partial charge on any atom is -0.331 e. The van der Waals surface area contributed by atoms with E-state index in [1.807, 2.05) is 13.8 Å². The molecule has 1 amide bonds. The fraction of sp³-hybridized carbons (Fsp3) is 0.158. The Kier molecular flexibility index (Phi) is 4.77. The van der Waals surface area contributed by atoms with E-state index in [9.17, 15) is 9.59 Å². The van der Waals surface area contributed by atoms with Crippen molar-refractivity contribution in [2.45, 2.75) is 13.8 Å². The van der Waals surface area contributed by atoms with Crippen molar-refractivity contribution in [3.63, 3.8) is 0 Å². The number of amides is 1. The van der Waals surface area contributed by atoms with Crippen molar-refractivity contribution in [1.29, 1.82) is 0 Å². The summed E-state index contributed by atoms with van der Waals surface area (Å²) in [5.74, 6) is -0.178. The maximum absolute atomic E-state index is 13.0. The van der Waals surface area contributed by atoms with Crippen LogP contribution in [0.3, 0.4) is 0 Å². The quantitative estimate of drug-likeness (QED) is 0.510. The highest BCUT2D eigenvalue weighted by Gasteiger charge is 2.22. The van der Waals surface area contributed by atoms with Crippen LogP contribution in [0, 0.1) is 13.8 Å². The Morgan fingerprint density at radius 1 is 1.21 bits per heavy atom. The molecule has 1 N–H and O–H groups in total. The summed E-state index contributed by atoms with van der Waals surface area (Å²) < 4.78 is 3.13. The number of imidazole rings is 1. The second-order valence-corrected chi connectivity index (χ2v) is 7.65. The number of anilines is 1. The summed E-state index contributed by atoms with van der Waals surface area (Å²) in [6.45, 7) is 3.83. The van der Waals surface area contributed by atoms with Gasteiger partial charge in [-0.1, -0.05) is 12.1 Å². The molecule has 1 aromatic carbocycles. The molecule has 4 rings (SSSR count). The number of benzene rings is 1. The predicted octanol–water partition coefficient (Wildman–Crippen LogP) is 2.56. The van der Waals surface area contributed by atoms with Crippen LogP contribution in [0.1, 0.15) is 37.0 Å². The van der Waals surface area contributed by atoms with Crippen molar-refractivity contribution in [2.24, 2.45) is 7.05 Å². The summed E-state index contributed by atoms with van der Waals surface area (Å²) in [5.41, 5.74) is 2.32. The molecule has 0 unspecified atom stereocenters. The first-order valence-electron chi connectivity index (χ1n) is 8.72. The number of rotatable bonds is 5. The van der Waals surface area contributed by atoms with Crippen molar-refractivity contribution in [1.82, 2.24) is 29.8 Å². The number of thiophene rings is 1. The molecule has 4 aromatic rings. The third kappa shape index (κ3) is 3.45. The van der Waals surface area contributed by atoms with Gasteiger partial charge in [0, 0.05) is 35.6 Å². The van der Waals surface area contributed by atoms with Crippen molar-refractivity contribution in [3.8, 4) is 5.00 Å². The Morgan fingerprint density at radius 3 is 2.72 bits per heavy atom. The Labute approximate surface area is 170 Å². The summed E-state index contributed by atoms with van der Waals surface area (Å²) >= 11 is 1.44. The molecule has 0 aliphatic rings. The summed E-state index contributed by atoms with van der Waals surface area (Å²) in [5, 5.41) is 14.7. The van der Waals surface area contributed by atoms with E-state index in [4.69, 9.17) is 0 Å². The van der Waals surface area contributed by atoms with Gasteiger partial charge in [-0.05, 0) is 42.0 Å². The van der Waals surface area contributed by atoms with Gasteiger partial charge < -0.3 is 9.88 Å². The van der Waals surface area contributed by atoms with E-state index in [1.54, 1.807) is 48.3 Å². The molecule has 3 aromatic heterocycles. The minimum absolute atomic E-state index is 0.217. The summed E-state index contributed by atoms with van der Waals surface area (Å²) in [7, 11) is 1.76. The van der Waals surface area contributed by atoms with Crippen molar-refractivity contribution in [3.05, 3.63) is 70.4 Å². The molecule has 146 valence electrons. The molecular weight excluding hydrogens is 390 g/mol. The van der Waals surface area contributed by atoms with Gasteiger partial charge in [0.25, 0.3) is 5.91 Å². The molecule has 0 saturated carbocycles. The molecule has 0 bridgehead atoms. The summed E-state index contributed by atoms with van der Waals surface area (Å²) in [6, 6.07) is 6.79. The number of ketones is 1. The second kappa shape index (κ2) is 7.40. The maximum Gasteiger partial charge on any atom is 0.259 e. The van der Waals surface area contributed by atoms with E-state index >= 15 is 0 Å². The van der Waals surface area contributed by atoms with Gasteiger partial charge >= 0.3 is 0 Å². The van der Waals surface area contributed by atoms with Crippen molar-refractivity contribution >= 4 is 28.7 Å². The van der Waals surface area contributed by atoms with Gasteiger partial charge in [-0.15, -0.1) is 16.4 Å². The molecule has 0 fully saturated rings. The molecule has 0 spiro atoms. The van der Waals surface area contributed by atoms with E-state index in [-0.39, 0.29) is 11.7 Å². The third-order valence-corrected chi connectivity index (χ3v) is 5.75. The second-order valence-electron chi connectivity index (χ2n) is 6.44. The van der Waals surface area contributed by atoms with Crippen LogP contribution in [0.25, 0.3) is 5.00 Å². The minimum atomic E-state index is -0.293. The van der Waals surface area contributed by atoms with Crippen LogP contribution in [0.2, 0.25) is 0 Å². The zero-order valence-electron chi connectivity index (χ0n) is 15.9. The lowest BCUT2D eigenvalue weighted by atomic mass is 10.1. The van der Waals surface area contributed by atoms with Crippen LogP contribution in [0.15, 0.2) is 43.0 Å². The largest absolute Gasteiger partial charge is 0.331 e. The van der Waals surface area contributed by atoms with Gasteiger partial charge in [0.2, 0.25) is 5.78 Å². The first-order chi connectivity index (χ1) is 14.0. The molecule has 10 heteroatoms. The zero-order chi connectivity index (χ0) is 20.5. The average Bonchev–Trinajstić information content (AvgIpc) is 3.43. The third-order valence-electron chi connectivity index (χ3n) is 4.56. The number of hydrogen-bond donors (Lipinski definition) is 1. The van der Waals surface area contributed by atoms with E-state index in [0.717, 1.165) is 10.4 Å². The van der Waals surface area contributed by atoms with Crippen molar-refractivity contribution < 1.29 is 9.59 Å². The first kappa shape index (κ1) is 18.7. The standard InChI is InChI=1S/C19H17N7O2S/c1-11-12(2)29-19(26-10-21-23-24-26)15(11)18(28)22-14-6-4-5-13(9-14)16(27)17-20-7-8-25(17)3/h4-10H,1-3H3,(H,22,28). The lowest BCUT2D eigenvalue weighted by Crippen LogP contribution is -2.16. The lowest BCUT2D eigenvalue weighted by molar-refractivity contribution is 0.101. The lowest BCUT2D eigenvalue weighted by Gasteiger charge is -2.09. The highest BCUT2D eigenvalue weighted by molar-refractivity contribution is 7.15.